The number of hydrogen-bond donors (Lipinski definition) is 1. The van der Waals surface area contributed by atoms with E-state index in [9.17, 15) is 23.1 Å². The van der Waals surface area contributed by atoms with Crippen LogP contribution in [0.2, 0.25) is 0 Å². The second-order valence-corrected chi connectivity index (χ2v) is 9.21. The maximum Gasteiger partial charge on any atom is 0.391 e. The van der Waals surface area contributed by atoms with E-state index in [1.807, 2.05) is 0 Å². The third-order valence-corrected chi connectivity index (χ3v) is 7.09. The maximum atomic E-state index is 12.8. The van der Waals surface area contributed by atoms with E-state index in [1.165, 1.54) is 0 Å². The SMILES string of the molecule is CC1(C(=O)O)CC1[C@H]1CN(c2cnnc(OCC3CCC(C(F)(F)F)CC3)c2)CCO1. The van der Waals surface area contributed by atoms with Gasteiger partial charge in [-0.15, -0.1) is 5.10 Å². The van der Waals surface area contributed by atoms with Crippen molar-refractivity contribution in [1.82, 2.24) is 10.2 Å². The average molecular weight is 443 g/mol. The number of ether oxygens (including phenoxy) is 2. The normalized spacial score (nSPS) is 33.7. The Morgan fingerprint density at radius 3 is 2.74 bits per heavy atom. The zero-order valence-corrected chi connectivity index (χ0v) is 17.5. The molecule has 2 heterocycles. The lowest BCUT2D eigenvalue weighted by molar-refractivity contribution is -0.184. The van der Waals surface area contributed by atoms with E-state index in [0.29, 0.717) is 51.4 Å². The molecule has 7 nitrogen and oxygen atoms in total. The lowest BCUT2D eigenvalue weighted by Crippen LogP contribution is -2.44. The van der Waals surface area contributed by atoms with Crippen LogP contribution in [-0.4, -0.2) is 59.9 Å². The van der Waals surface area contributed by atoms with Crippen molar-refractivity contribution in [3.05, 3.63) is 12.3 Å². The first kappa shape index (κ1) is 22.1. The largest absolute Gasteiger partial charge is 0.481 e. The molecule has 4 rings (SSSR count). The van der Waals surface area contributed by atoms with Crippen LogP contribution in [0.15, 0.2) is 12.3 Å². The summed E-state index contributed by atoms with van der Waals surface area (Å²) < 4.78 is 50.0. The molecule has 172 valence electrons. The highest BCUT2D eigenvalue weighted by Gasteiger charge is 2.60. The predicted octanol–water partition coefficient (Wildman–Crippen LogP) is 3.54. The number of aromatic nitrogens is 2. The third kappa shape index (κ3) is 4.88. The fraction of sp³-hybridized carbons (Fsp3) is 0.762. The van der Waals surface area contributed by atoms with Crippen molar-refractivity contribution in [2.24, 2.45) is 23.2 Å². The molecule has 0 amide bonds. The van der Waals surface area contributed by atoms with Gasteiger partial charge in [-0.25, -0.2) is 0 Å². The smallest absolute Gasteiger partial charge is 0.391 e. The number of halogens is 3. The van der Waals surface area contributed by atoms with Crippen LogP contribution in [0.5, 0.6) is 5.88 Å². The van der Waals surface area contributed by atoms with Crippen molar-refractivity contribution >= 4 is 11.7 Å². The van der Waals surface area contributed by atoms with Crippen molar-refractivity contribution < 1.29 is 32.5 Å². The summed E-state index contributed by atoms with van der Waals surface area (Å²) in [6.45, 7) is 3.80. The molecule has 3 fully saturated rings. The number of anilines is 1. The molecule has 0 spiro atoms. The molecule has 2 unspecified atom stereocenters. The zero-order chi connectivity index (χ0) is 22.2. The molecule has 1 aliphatic heterocycles. The lowest BCUT2D eigenvalue weighted by atomic mass is 9.82. The quantitative estimate of drug-likeness (QED) is 0.720. The molecule has 3 aliphatic rings. The Kier molecular flexibility index (Phi) is 6.02. The summed E-state index contributed by atoms with van der Waals surface area (Å²) in [4.78, 5) is 13.5. The molecular formula is C21H28F3N3O4. The summed E-state index contributed by atoms with van der Waals surface area (Å²) in [6, 6.07) is 1.78. The molecule has 1 N–H and O–H groups in total. The van der Waals surface area contributed by atoms with E-state index in [4.69, 9.17) is 9.47 Å². The van der Waals surface area contributed by atoms with Gasteiger partial charge in [0.1, 0.15) is 0 Å². The van der Waals surface area contributed by atoms with Gasteiger partial charge in [-0.3, -0.25) is 4.79 Å². The first-order valence-electron chi connectivity index (χ1n) is 10.8. The number of carboxylic acid groups (broad SMARTS) is 1. The first-order valence-corrected chi connectivity index (χ1v) is 10.8. The Balaban J connectivity index is 1.30. The summed E-state index contributed by atoms with van der Waals surface area (Å²) in [7, 11) is 0. The Morgan fingerprint density at radius 2 is 2.10 bits per heavy atom. The summed E-state index contributed by atoms with van der Waals surface area (Å²) in [5.41, 5.74) is 0.0978. The van der Waals surface area contributed by atoms with Gasteiger partial charge < -0.3 is 19.5 Å². The molecule has 1 saturated heterocycles. The molecule has 10 heteroatoms. The molecule has 1 aromatic heterocycles. The summed E-state index contributed by atoms with van der Waals surface area (Å²) in [6.07, 6.45) is -0.740. The Bertz CT molecular complexity index is 800. The van der Waals surface area contributed by atoms with Crippen molar-refractivity contribution in [1.29, 1.82) is 0 Å². The number of nitrogens with zero attached hydrogens (tertiary/aromatic N) is 3. The van der Waals surface area contributed by atoms with Crippen LogP contribution in [0.4, 0.5) is 18.9 Å². The van der Waals surface area contributed by atoms with Gasteiger partial charge in [0.25, 0.3) is 0 Å². The van der Waals surface area contributed by atoms with Gasteiger partial charge in [0.05, 0.1) is 42.5 Å². The Hall–Kier alpha value is -2.10. The van der Waals surface area contributed by atoms with Gasteiger partial charge in [0.15, 0.2) is 0 Å². The number of hydrogen-bond acceptors (Lipinski definition) is 6. The van der Waals surface area contributed by atoms with E-state index in [1.54, 1.807) is 19.2 Å². The van der Waals surface area contributed by atoms with Crippen LogP contribution in [0, 0.1) is 23.2 Å². The van der Waals surface area contributed by atoms with Gasteiger partial charge in [0.2, 0.25) is 5.88 Å². The van der Waals surface area contributed by atoms with Gasteiger partial charge >= 0.3 is 12.1 Å². The minimum absolute atomic E-state index is 0.00913. The first-order chi connectivity index (χ1) is 14.7. The zero-order valence-electron chi connectivity index (χ0n) is 17.5. The number of carbonyl (C=O) groups is 1. The molecule has 1 aromatic rings. The van der Waals surface area contributed by atoms with E-state index in [0.717, 1.165) is 5.69 Å². The highest BCUT2D eigenvalue weighted by atomic mass is 19.4. The fourth-order valence-electron chi connectivity index (χ4n) is 4.78. The monoisotopic (exact) mass is 443 g/mol. The highest BCUT2D eigenvalue weighted by molar-refractivity contribution is 5.78. The Labute approximate surface area is 178 Å². The third-order valence-electron chi connectivity index (χ3n) is 7.09. The number of carboxylic acids is 1. The van der Waals surface area contributed by atoms with E-state index < -0.39 is 23.5 Å². The molecule has 0 radical (unpaired) electrons. The second-order valence-electron chi connectivity index (χ2n) is 9.21. The second kappa shape index (κ2) is 8.44. The molecule has 2 aliphatic carbocycles. The molecule has 0 bridgehead atoms. The molecule has 3 atom stereocenters. The predicted molar refractivity (Wildman–Crippen MR) is 105 cm³/mol. The lowest BCUT2D eigenvalue weighted by Gasteiger charge is -2.35. The van der Waals surface area contributed by atoms with Crippen molar-refractivity contribution in [2.75, 3.05) is 31.2 Å². The van der Waals surface area contributed by atoms with Crippen LogP contribution >= 0.6 is 0 Å². The average Bonchev–Trinajstić information content (AvgIpc) is 3.46. The minimum Gasteiger partial charge on any atom is -0.481 e. The van der Waals surface area contributed by atoms with E-state index in [-0.39, 0.29) is 30.8 Å². The summed E-state index contributed by atoms with van der Waals surface area (Å²) >= 11 is 0. The molecule has 2 saturated carbocycles. The number of rotatable bonds is 6. The maximum absolute atomic E-state index is 12.8. The standard InChI is InChI=1S/C21H28F3N3O4/c1-20(19(28)29)9-16(20)17-11-27(6-7-30-17)15-8-18(26-25-10-15)31-12-13-2-4-14(5-3-13)21(22,23)24/h8,10,13-14,16-17H,2-7,9,11-12H2,1H3,(H,28,29)/t13?,14?,16?,17-,20?/m1/s1. The van der Waals surface area contributed by atoms with Crippen LogP contribution in [0.25, 0.3) is 0 Å². The van der Waals surface area contributed by atoms with Crippen molar-refractivity contribution in [3.63, 3.8) is 0 Å². The summed E-state index contributed by atoms with van der Waals surface area (Å²) in [5, 5.41) is 17.4. The van der Waals surface area contributed by atoms with Crippen molar-refractivity contribution in [2.45, 2.75) is 51.3 Å². The highest BCUT2D eigenvalue weighted by Crippen LogP contribution is 2.55. The van der Waals surface area contributed by atoms with Gasteiger partial charge in [0, 0.05) is 25.1 Å². The number of morpholine rings is 1. The van der Waals surface area contributed by atoms with E-state index in [2.05, 4.69) is 15.1 Å². The van der Waals surface area contributed by atoms with Crippen LogP contribution in [0.1, 0.15) is 39.0 Å². The van der Waals surface area contributed by atoms with Crippen molar-refractivity contribution in [3.8, 4) is 5.88 Å². The molecule has 0 aromatic carbocycles. The topological polar surface area (TPSA) is 84.8 Å². The molecular weight excluding hydrogens is 415 g/mol. The Morgan fingerprint density at radius 1 is 1.35 bits per heavy atom. The van der Waals surface area contributed by atoms with E-state index >= 15 is 0 Å². The minimum atomic E-state index is -4.11. The van der Waals surface area contributed by atoms with Gasteiger partial charge in [-0.2, -0.15) is 18.3 Å². The molecule has 31 heavy (non-hydrogen) atoms. The number of aliphatic carboxylic acids is 1. The number of alkyl halides is 3. The van der Waals surface area contributed by atoms with Gasteiger partial charge in [-0.05, 0) is 44.9 Å². The van der Waals surface area contributed by atoms with Crippen LogP contribution < -0.4 is 9.64 Å². The van der Waals surface area contributed by atoms with Crippen LogP contribution in [-0.2, 0) is 9.53 Å². The summed E-state index contributed by atoms with van der Waals surface area (Å²) in [5.74, 6) is -1.56. The van der Waals surface area contributed by atoms with Crippen LogP contribution in [0.3, 0.4) is 0 Å². The van der Waals surface area contributed by atoms with Gasteiger partial charge in [-0.1, -0.05) is 0 Å². The fourth-order valence-corrected chi connectivity index (χ4v) is 4.78.